The lowest BCUT2D eigenvalue weighted by Gasteiger charge is -2.07. The largest absolute Gasteiger partial charge is 0.382 e. The zero-order valence-corrected chi connectivity index (χ0v) is 9.65. The minimum atomic E-state index is 0.454. The quantitative estimate of drug-likeness (QED) is 0.789. The topological polar surface area (TPSA) is 64.7 Å². The number of aromatic nitrogens is 3. The van der Waals surface area contributed by atoms with Crippen molar-refractivity contribution >= 4 is 5.82 Å². The van der Waals surface area contributed by atoms with E-state index in [0.29, 0.717) is 11.5 Å². The maximum atomic E-state index is 5.87. The summed E-state index contributed by atoms with van der Waals surface area (Å²) in [6.45, 7) is 5.81. The summed E-state index contributed by atoms with van der Waals surface area (Å²) in [6.07, 6.45) is 3.55. The summed E-state index contributed by atoms with van der Waals surface area (Å²) in [5.74, 6) is 0.454. The van der Waals surface area contributed by atoms with Gasteiger partial charge in [0.2, 0.25) is 0 Å². The van der Waals surface area contributed by atoms with Gasteiger partial charge >= 0.3 is 0 Å². The SMILES string of the molecule is Cc1cncc(-c2nc(C)c(C)nc2N)c1. The molecule has 0 aliphatic heterocycles. The van der Waals surface area contributed by atoms with Gasteiger partial charge in [0, 0.05) is 18.0 Å². The lowest BCUT2D eigenvalue weighted by molar-refractivity contribution is 1.06. The molecule has 4 nitrogen and oxygen atoms in total. The molecule has 0 aromatic carbocycles. The average molecular weight is 214 g/mol. The van der Waals surface area contributed by atoms with Crippen LogP contribution in [0.15, 0.2) is 18.5 Å². The number of hydrogen-bond acceptors (Lipinski definition) is 4. The number of hydrogen-bond donors (Lipinski definition) is 1. The van der Waals surface area contributed by atoms with Crippen molar-refractivity contribution in [1.29, 1.82) is 0 Å². The molecule has 0 saturated heterocycles. The Morgan fingerprint density at radius 3 is 2.38 bits per heavy atom. The van der Waals surface area contributed by atoms with Crippen LogP contribution in [-0.4, -0.2) is 15.0 Å². The summed E-state index contributed by atoms with van der Waals surface area (Å²) in [6, 6.07) is 2.00. The molecule has 0 spiro atoms. The number of nitrogens with zero attached hydrogens (tertiary/aromatic N) is 3. The lowest BCUT2D eigenvalue weighted by Crippen LogP contribution is -2.02. The zero-order chi connectivity index (χ0) is 11.7. The fraction of sp³-hybridized carbons (Fsp3) is 0.250. The summed E-state index contributed by atoms with van der Waals surface area (Å²) >= 11 is 0. The first-order chi connectivity index (χ1) is 7.58. The molecular weight excluding hydrogens is 200 g/mol. The number of pyridine rings is 1. The number of nitrogen functional groups attached to an aromatic ring is 1. The van der Waals surface area contributed by atoms with Crippen molar-refractivity contribution in [1.82, 2.24) is 15.0 Å². The van der Waals surface area contributed by atoms with Crippen molar-refractivity contribution in [3.05, 3.63) is 35.4 Å². The number of rotatable bonds is 1. The fourth-order valence-electron chi connectivity index (χ4n) is 1.52. The maximum absolute atomic E-state index is 5.87. The Hall–Kier alpha value is -1.97. The molecule has 0 amide bonds. The summed E-state index contributed by atoms with van der Waals surface area (Å²) in [5.41, 5.74) is 10.3. The Morgan fingerprint density at radius 2 is 1.69 bits per heavy atom. The molecule has 0 atom stereocenters. The van der Waals surface area contributed by atoms with Crippen LogP contribution in [0.3, 0.4) is 0 Å². The molecule has 2 rings (SSSR count). The Kier molecular flexibility index (Phi) is 2.56. The average Bonchev–Trinajstić information content (AvgIpc) is 2.23. The normalized spacial score (nSPS) is 10.4. The molecule has 82 valence electrons. The van der Waals surface area contributed by atoms with Crippen LogP contribution in [0.25, 0.3) is 11.3 Å². The van der Waals surface area contributed by atoms with E-state index in [2.05, 4.69) is 15.0 Å². The number of aryl methyl sites for hydroxylation is 3. The molecule has 0 radical (unpaired) electrons. The minimum absolute atomic E-state index is 0.454. The van der Waals surface area contributed by atoms with Gasteiger partial charge in [-0.25, -0.2) is 9.97 Å². The van der Waals surface area contributed by atoms with Crippen LogP contribution >= 0.6 is 0 Å². The van der Waals surface area contributed by atoms with E-state index in [0.717, 1.165) is 22.5 Å². The molecule has 2 N–H and O–H groups in total. The van der Waals surface area contributed by atoms with Gasteiger partial charge in [-0.15, -0.1) is 0 Å². The molecule has 2 heterocycles. The highest BCUT2D eigenvalue weighted by molar-refractivity contribution is 5.69. The van der Waals surface area contributed by atoms with Crippen LogP contribution in [0, 0.1) is 20.8 Å². The highest BCUT2D eigenvalue weighted by Gasteiger charge is 2.08. The Morgan fingerprint density at radius 1 is 1.00 bits per heavy atom. The van der Waals surface area contributed by atoms with Crippen molar-refractivity contribution in [2.24, 2.45) is 0 Å². The van der Waals surface area contributed by atoms with Gasteiger partial charge < -0.3 is 5.73 Å². The van der Waals surface area contributed by atoms with Gasteiger partial charge in [-0.05, 0) is 32.4 Å². The van der Waals surface area contributed by atoms with Crippen LogP contribution in [0.5, 0.6) is 0 Å². The highest BCUT2D eigenvalue weighted by Crippen LogP contribution is 2.23. The van der Waals surface area contributed by atoms with Gasteiger partial charge in [-0.2, -0.15) is 0 Å². The second-order valence-electron chi connectivity index (χ2n) is 3.88. The van der Waals surface area contributed by atoms with Crippen molar-refractivity contribution in [3.63, 3.8) is 0 Å². The third-order valence-electron chi connectivity index (χ3n) is 2.48. The van der Waals surface area contributed by atoms with Crippen molar-refractivity contribution in [2.45, 2.75) is 20.8 Å². The van der Waals surface area contributed by atoms with Gasteiger partial charge in [-0.1, -0.05) is 0 Å². The predicted molar refractivity (Wildman–Crippen MR) is 63.9 cm³/mol. The van der Waals surface area contributed by atoms with E-state index >= 15 is 0 Å². The summed E-state index contributed by atoms with van der Waals surface area (Å²) in [7, 11) is 0. The van der Waals surface area contributed by atoms with Crippen molar-refractivity contribution in [2.75, 3.05) is 5.73 Å². The van der Waals surface area contributed by atoms with E-state index in [1.54, 1.807) is 12.4 Å². The van der Waals surface area contributed by atoms with Crippen LogP contribution in [-0.2, 0) is 0 Å². The molecule has 0 fully saturated rings. The fourth-order valence-corrected chi connectivity index (χ4v) is 1.52. The van der Waals surface area contributed by atoms with Crippen molar-refractivity contribution in [3.8, 4) is 11.3 Å². The summed E-state index contributed by atoms with van der Waals surface area (Å²) < 4.78 is 0. The van der Waals surface area contributed by atoms with Crippen LogP contribution in [0.2, 0.25) is 0 Å². The highest BCUT2D eigenvalue weighted by atomic mass is 14.9. The smallest absolute Gasteiger partial charge is 0.150 e. The Bertz CT molecular complexity index is 535. The van der Waals surface area contributed by atoms with Crippen LogP contribution in [0.1, 0.15) is 17.0 Å². The molecule has 2 aromatic rings. The van der Waals surface area contributed by atoms with Gasteiger partial charge in [0.15, 0.2) is 0 Å². The standard InChI is InChI=1S/C12H14N4/c1-7-4-10(6-14-5-7)11-12(13)16-9(3)8(2)15-11/h4-6H,1-3H3,(H2,13,16). The second kappa shape index (κ2) is 3.89. The van der Waals surface area contributed by atoms with E-state index in [1.165, 1.54) is 0 Å². The third-order valence-corrected chi connectivity index (χ3v) is 2.48. The first-order valence-electron chi connectivity index (χ1n) is 5.10. The van der Waals surface area contributed by atoms with E-state index in [-0.39, 0.29) is 0 Å². The summed E-state index contributed by atoms with van der Waals surface area (Å²) in [5, 5.41) is 0. The van der Waals surface area contributed by atoms with Gasteiger partial charge in [0.25, 0.3) is 0 Å². The number of anilines is 1. The molecule has 2 aromatic heterocycles. The number of nitrogens with two attached hydrogens (primary N) is 1. The molecular formula is C12H14N4. The Labute approximate surface area is 94.6 Å². The second-order valence-corrected chi connectivity index (χ2v) is 3.88. The van der Waals surface area contributed by atoms with Gasteiger partial charge in [-0.3, -0.25) is 4.98 Å². The van der Waals surface area contributed by atoms with E-state index in [9.17, 15) is 0 Å². The molecule has 4 heteroatoms. The van der Waals surface area contributed by atoms with Crippen LogP contribution < -0.4 is 5.73 Å². The first kappa shape index (κ1) is 10.5. The van der Waals surface area contributed by atoms with Crippen molar-refractivity contribution < 1.29 is 0 Å². The minimum Gasteiger partial charge on any atom is -0.382 e. The van der Waals surface area contributed by atoms with E-state index in [4.69, 9.17) is 5.73 Å². The molecule has 0 unspecified atom stereocenters. The van der Waals surface area contributed by atoms with Gasteiger partial charge in [0.1, 0.15) is 11.5 Å². The summed E-state index contributed by atoms with van der Waals surface area (Å²) in [4.78, 5) is 12.9. The Balaban J connectivity index is 2.60. The lowest BCUT2D eigenvalue weighted by atomic mass is 10.1. The first-order valence-corrected chi connectivity index (χ1v) is 5.10. The van der Waals surface area contributed by atoms with Crippen LogP contribution in [0.4, 0.5) is 5.82 Å². The van der Waals surface area contributed by atoms with Gasteiger partial charge in [0.05, 0.1) is 11.4 Å². The molecule has 0 aliphatic rings. The van der Waals surface area contributed by atoms with E-state index < -0.39 is 0 Å². The molecule has 0 aliphatic carbocycles. The molecule has 0 bridgehead atoms. The zero-order valence-electron chi connectivity index (χ0n) is 9.65. The predicted octanol–water partition coefficient (Wildman–Crippen LogP) is 2.05. The maximum Gasteiger partial charge on any atom is 0.150 e. The third kappa shape index (κ3) is 1.86. The molecule has 0 saturated carbocycles. The monoisotopic (exact) mass is 214 g/mol. The van der Waals surface area contributed by atoms with E-state index in [1.807, 2.05) is 26.8 Å². The molecule has 16 heavy (non-hydrogen) atoms.